The number of aldehydes is 2. The second-order valence-corrected chi connectivity index (χ2v) is 11.7. The molecule has 2 N–H and O–H groups in total. The molecule has 10 heteroatoms. The monoisotopic (exact) mass is 662 g/mol. The fourth-order valence-corrected chi connectivity index (χ4v) is 6.16. The summed E-state index contributed by atoms with van der Waals surface area (Å²) in [5.41, 5.74) is 10.1. The van der Waals surface area contributed by atoms with Crippen molar-refractivity contribution >= 4 is 70.9 Å². The second-order valence-electron chi connectivity index (χ2n) is 11.7. The summed E-state index contributed by atoms with van der Waals surface area (Å²) in [7, 11) is 2.71. The molecule has 0 radical (unpaired) electrons. The number of H-pyrrole nitrogens is 2. The van der Waals surface area contributed by atoms with E-state index in [2.05, 4.69) is 9.97 Å². The number of aromatic nitrogens is 4. The second kappa shape index (κ2) is 13.4. The Morgan fingerprint density at radius 1 is 0.540 bits per heavy atom. The van der Waals surface area contributed by atoms with Gasteiger partial charge in [-0.05, 0) is 70.8 Å². The number of rotatable bonds is 8. The van der Waals surface area contributed by atoms with Crippen molar-refractivity contribution in [2.75, 3.05) is 14.2 Å². The van der Waals surface area contributed by atoms with E-state index in [1.54, 1.807) is 12.2 Å². The Labute approximate surface area is 286 Å². The maximum Gasteiger partial charge on any atom is 0.309 e. The van der Waals surface area contributed by atoms with Crippen molar-refractivity contribution in [1.82, 2.24) is 19.9 Å². The summed E-state index contributed by atoms with van der Waals surface area (Å²) < 4.78 is 9.64. The molecule has 8 bridgehead atoms. The van der Waals surface area contributed by atoms with Gasteiger partial charge in [-0.25, -0.2) is 9.97 Å². The molecule has 0 amide bonds. The molecule has 2 aliphatic rings. The summed E-state index contributed by atoms with van der Waals surface area (Å²) in [6, 6.07) is 22.4. The van der Waals surface area contributed by atoms with E-state index in [9.17, 15) is 19.2 Å². The van der Waals surface area contributed by atoms with Crippen LogP contribution < -0.4 is 0 Å². The number of aromatic amines is 2. The molecule has 5 heterocycles. The highest BCUT2D eigenvalue weighted by molar-refractivity contribution is 6.00. The Morgan fingerprint density at radius 3 is 1.26 bits per heavy atom. The first-order chi connectivity index (χ1) is 24.4. The Morgan fingerprint density at radius 2 is 0.900 bits per heavy atom. The van der Waals surface area contributed by atoms with Gasteiger partial charge in [0, 0.05) is 22.2 Å². The normalized spacial score (nSPS) is 11.7. The predicted octanol–water partition coefficient (Wildman–Crippen LogP) is 7.05. The predicted molar refractivity (Wildman–Crippen MR) is 192 cm³/mol. The third kappa shape index (κ3) is 6.06. The molecular formula is C40H30N4O6. The van der Waals surface area contributed by atoms with Crippen LogP contribution in [0.2, 0.25) is 0 Å². The molecule has 0 atom stereocenters. The van der Waals surface area contributed by atoms with Gasteiger partial charge in [0.2, 0.25) is 0 Å². The minimum absolute atomic E-state index is 0.138. The van der Waals surface area contributed by atoms with Crippen molar-refractivity contribution < 1.29 is 28.7 Å². The number of methoxy groups -OCH3 is 2. The van der Waals surface area contributed by atoms with Crippen LogP contribution >= 0.6 is 0 Å². The zero-order chi connectivity index (χ0) is 34.8. The molecule has 2 aromatic carbocycles. The van der Waals surface area contributed by atoms with Crippen molar-refractivity contribution in [2.24, 2.45) is 0 Å². The van der Waals surface area contributed by atoms with Crippen molar-refractivity contribution in [3.8, 4) is 22.3 Å². The number of nitrogens with zero attached hydrogens (tertiary/aromatic N) is 2. The number of fused-ring (bicyclic) bond motifs is 8. The maximum absolute atomic E-state index is 12.6. The topological polar surface area (TPSA) is 144 Å². The van der Waals surface area contributed by atoms with Gasteiger partial charge in [-0.15, -0.1) is 0 Å². The Balaban J connectivity index is 1.50. The SMILES string of the molecule is COC(=O)Cc1ccc(-c2c3nc(c(C=O)c4ccc([nH]4)c(-c4ccc(CC(=O)OC)cc4)c4nc(c(C=O)c5ccc2[nH]5)C=C4)C=C3)cc1. The summed E-state index contributed by atoms with van der Waals surface area (Å²) in [4.78, 5) is 65.7. The van der Waals surface area contributed by atoms with Gasteiger partial charge in [-0.1, -0.05) is 48.5 Å². The molecule has 50 heavy (non-hydrogen) atoms. The first-order valence-corrected chi connectivity index (χ1v) is 15.8. The number of benzene rings is 2. The van der Waals surface area contributed by atoms with E-state index in [0.717, 1.165) is 46.0 Å². The zero-order valence-electron chi connectivity index (χ0n) is 27.2. The minimum Gasteiger partial charge on any atom is -0.469 e. The van der Waals surface area contributed by atoms with Gasteiger partial charge in [-0.3, -0.25) is 19.2 Å². The fourth-order valence-electron chi connectivity index (χ4n) is 6.16. The summed E-state index contributed by atoms with van der Waals surface area (Å²) >= 11 is 0. The molecule has 3 aromatic heterocycles. The van der Waals surface area contributed by atoms with E-state index in [1.165, 1.54) is 14.2 Å². The largest absolute Gasteiger partial charge is 0.469 e. The minimum atomic E-state index is -0.338. The van der Waals surface area contributed by atoms with E-state index >= 15 is 0 Å². The van der Waals surface area contributed by atoms with Crippen LogP contribution in [-0.2, 0) is 31.9 Å². The highest BCUT2D eigenvalue weighted by Crippen LogP contribution is 2.34. The van der Waals surface area contributed by atoms with E-state index in [1.807, 2.05) is 84.9 Å². The number of carbonyl (C=O) groups excluding carboxylic acids is 4. The number of nitrogens with one attached hydrogen (secondary N) is 2. The first-order valence-electron chi connectivity index (χ1n) is 15.8. The number of carbonyl (C=O) groups is 4. The average molecular weight is 663 g/mol. The Bertz CT molecular complexity index is 2240. The Kier molecular flexibility index (Phi) is 8.57. The van der Waals surface area contributed by atoms with Crippen molar-refractivity contribution in [1.29, 1.82) is 0 Å². The lowest BCUT2D eigenvalue weighted by atomic mass is 10.0. The first kappa shape index (κ1) is 31.9. The zero-order valence-corrected chi connectivity index (χ0v) is 27.2. The van der Waals surface area contributed by atoms with Crippen LogP contribution in [0.15, 0.2) is 72.8 Å². The van der Waals surface area contributed by atoms with Gasteiger partial charge < -0.3 is 19.4 Å². The van der Waals surface area contributed by atoms with Gasteiger partial charge in [0.25, 0.3) is 0 Å². The standard InChI is InChI=1S/C40H30N4O6/c1-49-37(47)19-23-3-7-25(8-4-23)39-33-15-11-29(41-33)27(21-45)31-13-17-35(43-31)40(26-9-5-24(6-10-26)20-38(48)50-2)36-18-14-32(44-36)28(22-46)30-12-16-34(39)42-30/h3-18,21-22,41,44H,19-20H2,1-2H3. The lowest BCUT2D eigenvalue weighted by molar-refractivity contribution is -0.140. The number of hydrogen-bond donors (Lipinski definition) is 2. The van der Waals surface area contributed by atoms with Crippen LogP contribution in [0, 0.1) is 0 Å². The van der Waals surface area contributed by atoms with Crippen LogP contribution in [0.4, 0.5) is 0 Å². The molecular weight excluding hydrogens is 632 g/mol. The molecule has 7 rings (SSSR count). The molecule has 5 aromatic rings. The van der Waals surface area contributed by atoms with Gasteiger partial charge in [0.15, 0.2) is 12.6 Å². The van der Waals surface area contributed by atoms with Crippen molar-refractivity contribution in [3.63, 3.8) is 0 Å². The van der Waals surface area contributed by atoms with Crippen molar-refractivity contribution in [3.05, 3.63) is 118 Å². The number of ether oxygens (including phenoxy) is 2. The smallest absolute Gasteiger partial charge is 0.309 e. The summed E-state index contributed by atoms with van der Waals surface area (Å²) in [6.07, 6.45) is 9.13. The van der Waals surface area contributed by atoms with Crippen LogP contribution in [0.5, 0.6) is 0 Å². The highest BCUT2D eigenvalue weighted by Gasteiger charge is 2.18. The molecule has 10 nitrogen and oxygen atoms in total. The van der Waals surface area contributed by atoms with E-state index < -0.39 is 0 Å². The summed E-state index contributed by atoms with van der Waals surface area (Å²) in [5.74, 6) is -0.675. The molecule has 0 saturated heterocycles. The fraction of sp³-hybridized carbons (Fsp3) is 0.100. The van der Waals surface area contributed by atoms with Crippen LogP contribution in [-0.4, -0.2) is 58.7 Å². The summed E-state index contributed by atoms with van der Waals surface area (Å²) in [5, 5.41) is 0. The molecule has 0 unspecified atom stereocenters. The van der Waals surface area contributed by atoms with Crippen LogP contribution in [0.3, 0.4) is 0 Å². The third-order valence-corrected chi connectivity index (χ3v) is 8.71. The van der Waals surface area contributed by atoms with Gasteiger partial charge >= 0.3 is 11.9 Å². The van der Waals surface area contributed by atoms with Crippen molar-refractivity contribution in [2.45, 2.75) is 12.8 Å². The molecule has 246 valence electrons. The maximum atomic E-state index is 12.6. The lowest BCUT2D eigenvalue weighted by Gasteiger charge is -2.06. The lowest BCUT2D eigenvalue weighted by Crippen LogP contribution is -2.04. The van der Waals surface area contributed by atoms with Gasteiger partial charge in [0.1, 0.15) is 0 Å². The molecule has 0 saturated carbocycles. The molecule has 0 fully saturated rings. The van der Waals surface area contributed by atoms with E-state index in [0.29, 0.717) is 56.0 Å². The highest BCUT2D eigenvalue weighted by atomic mass is 16.5. The summed E-state index contributed by atoms with van der Waals surface area (Å²) in [6.45, 7) is 0. The molecule has 0 aliphatic carbocycles. The third-order valence-electron chi connectivity index (χ3n) is 8.71. The Hall–Kier alpha value is -6.68. The van der Waals surface area contributed by atoms with Crippen LogP contribution in [0.25, 0.3) is 68.6 Å². The quantitative estimate of drug-likeness (QED) is 0.130. The van der Waals surface area contributed by atoms with E-state index in [-0.39, 0.29) is 24.8 Å². The number of hydrogen-bond acceptors (Lipinski definition) is 8. The van der Waals surface area contributed by atoms with Gasteiger partial charge in [0.05, 0.1) is 72.0 Å². The van der Waals surface area contributed by atoms with Crippen LogP contribution in [0.1, 0.15) is 54.6 Å². The van der Waals surface area contributed by atoms with E-state index in [4.69, 9.17) is 19.4 Å². The molecule has 0 spiro atoms. The number of esters is 2. The average Bonchev–Trinajstić information content (AvgIpc) is 3.97. The van der Waals surface area contributed by atoms with Gasteiger partial charge in [-0.2, -0.15) is 0 Å². The molecule has 2 aliphatic heterocycles.